The summed E-state index contributed by atoms with van der Waals surface area (Å²) in [5.41, 5.74) is 1.98. The summed E-state index contributed by atoms with van der Waals surface area (Å²) in [4.78, 5) is 13.7. The van der Waals surface area contributed by atoms with E-state index in [-0.39, 0.29) is 12.0 Å². The van der Waals surface area contributed by atoms with Crippen molar-refractivity contribution in [2.24, 2.45) is 0 Å². The Morgan fingerprint density at radius 2 is 2.16 bits per heavy atom. The minimum absolute atomic E-state index is 0.0404. The number of aromatic nitrogens is 4. The van der Waals surface area contributed by atoms with Crippen molar-refractivity contribution in [2.75, 3.05) is 18.2 Å². The van der Waals surface area contributed by atoms with Crippen LogP contribution >= 0.6 is 11.8 Å². The molecule has 2 aromatic heterocycles. The van der Waals surface area contributed by atoms with Gasteiger partial charge in [-0.25, -0.2) is 15.0 Å². The van der Waals surface area contributed by atoms with Crippen LogP contribution in [0.4, 0.5) is 11.5 Å². The summed E-state index contributed by atoms with van der Waals surface area (Å²) in [6.07, 6.45) is 6.83. The van der Waals surface area contributed by atoms with Crippen LogP contribution < -0.4 is 5.32 Å². The van der Waals surface area contributed by atoms with Crippen LogP contribution in [0.1, 0.15) is 25.5 Å². The van der Waals surface area contributed by atoms with Crippen molar-refractivity contribution in [3.63, 3.8) is 0 Å². The number of hydrogen-bond donors (Lipinski definition) is 2. The maximum absolute atomic E-state index is 10.0. The van der Waals surface area contributed by atoms with E-state index >= 15 is 0 Å². The number of anilines is 2. The molecule has 3 aromatic rings. The Balaban J connectivity index is 1.78. The first kappa shape index (κ1) is 16.2. The third-order valence-corrected chi connectivity index (χ3v) is 4.75. The number of fused-ring (bicyclic) bond motifs is 1. The highest BCUT2D eigenvalue weighted by molar-refractivity contribution is 7.98. The molecule has 1 atom stereocenters. The Hall–Kier alpha value is -2.32. The summed E-state index contributed by atoms with van der Waals surface area (Å²) in [7, 11) is 0. The lowest BCUT2D eigenvalue weighted by atomic mass is 10.2. The SMILES string of the molecule is CSc1nc(Nc2ccccc2O)c2ncn(C3CCCCO3)c2n1. The summed E-state index contributed by atoms with van der Waals surface area (Å²) >= 11 is 1.46. The van der Waals surface area contributed by atoms with Crippen molar-refractivity contribution in [2.45, 2.75) is 30.6 Å². The molecule has 4 rings (SSSR count). The number of hydrogen-bond acceptors (Lipinski definition) is 7. The first-order valence-corrected chi connectivity index (χ1v) is 9.44. The Bertz CT molecular complexity index is 892. The number of phenols is 1. The molecule has 0 saturated carbocycles. The molecule has 8 heteroatoms. The number of rotatable bonds is 4. The van der Waals surface area contributed by atoms with Crippen LogP contribution in [-0.4, -0.2) is 37.5 Å². The molecule has 3 heterocycles. The van der Waals surface area contributed by atoms with E-state index < -0.39 is 0 Å². The Morgan fingerprint density at radius 3 is 2.92 bits per heavy atom. The zero-order valence-corrected chi connectivity index (χ0v) is 14.7. The molecule has 130 valence electrons. The average molecular weight is 357 g/mol. The largest absolute Gasteiger partial charge is 0.506 e. The monoisotopic (exact) mass is 357 g/mol. The molecule has 1 fully saturated rings. The first-order chi connectivity index (χ1) is 12.3. The van der Waals surface area contributed by atoms with Crippen LogP contribution in [0.2, 0.25) is 0 Å². The van der Waals surface area contributed by atoms with Gasteiger partial charge in [0.15, 0.2) is 22.1 Å². The van der Waals surface area contributed by atoms with E-state index in [4.69, 9.17) is 4.74 Å². The summed E-state index contributed by atoms with van der Waals surface area (Å²) < 4.78 is 7.85. The molecular weight excluding hydrogens is 338 g/mol. The van der Waals surface area contributed by atoms with Gasteiger partial charge >= 0.3 is 0 Å². The van der Waals surface area contributed by atoms with E-state index in [1.807, 2.05) is 16.9 Å². The number of thioether (sulfide) groups is 1. The second kappa shape index (κ2) is 6.89. The van der Waals surface area contributed by atoms with Gasteiger partial charge in [0, 0.05) is 6.61 Å². The van der Waals surface area contributed by atoms with Gasteiger partial charge in [-0.1, -0.05) is 23.9 Å². The van der Waals surface area contributed by atoms with Crippen LogP contribution in [0.3, 0.4) is 0 Å². The highest BCUT2D eigenvalue weighted by Gasteiger charge is 2.21. The lowest BCUT2D eigenvalue weighted by Crippen LogP contribution is -2.17. The van der Waals surface area contributed by atoms with Crippen LogP contribution in [0.25, 0.3) is 11.2 Å². The van der Waals surface area contributed by atoms with E-state index in [1.165, 1.54) is 11.8 Å². The van der Waals surface area contributed by atoms with Crippen LogP contribution in [0.15, 0.2) is 35.7 Å². The molecule has 0 bridgehead atoms. The Morgan fingerprint density at radius 1 is 1.28 bits per heavy atom. The van der Waals surface area contributed by atoms with Crippen molar-refractivity contribution < 1.29 is 9.84 Å². The number of para-hydroxylation sites is 2. The maximum atomic E-state index is 10.0. The van der Waals surface area contributed by atoms with Gasteiger partial charge in [0.05, 0.1) is 12.0 Å². The van der Waals surface area contributed by atoms with Crippen LogP contribution in [-0.2, 0) is 4.74 Å². The zero-order valence-electron chi connectivity index (χ0n) is 13.8. The smallest absolute Gasteiger partial charge is 0.191 e. The fraction of sp³-hybridized carbons (Fsp3) is 0.353. The van der Waals surface area contributed by atoms with E-state index in [9.17, 15) is 5.11 Å². The first-order valence-electron chi connectivity index (χ1n) is 8.21. The summed E-state index contributed by atoms with van der Waals surface area (Å²) in [6.45, 7) is 0.758. The summed E-state index contributed by atoms with van der Waals surface area (Å²) in [6, 6.07) is 7.05. The third kappa shape index (κ3) is 3.14. The molecule has 1 aromatic carbocycles. The van der Waals surface area contributed by atoms with Gasteiger partial charge in [-0.15, -0.1) is 0 Å². The van der Waals surface area contributed by atoms with E-state index in [2.05, 4.69) is 20.3 Å². The summed E-state index contributed by atoms with van der Waals surface area (Å²) in [5.74, 6) is 0.736. The van der Waals surface area contributed by atoms with Gasteiger partial charge in [-0.05, 0) is 37.7 Å². The second-order valence-electron chi connectivity index (χ2n) is 5.85. The van der Waals surface area contributed by atoms with Crippen molar-refractivity contribution in [1.29, 1.82) is 0 Å². The van der Waals surface area contributed by atoms with Crippen molar-refractivity contribution in [3.8, 4) is 5.75 Å². The predicted octanol–water partition coefficient (Wildman–Crippen LogP) is 3.70. The molecular formula is C17H19N5O2S. The van der Waals surface area contributed by atoms with Gasteiger partial charge in [0.25, 0.3) is 0 Å². The molecule has 1 aliphatic heterocycles. The van der Waals surface area contributed by atoms with Crippen molar-refractivity contribution in [1.82, 2.24) is 19.5 Å². The Kier molecular flexibility index (Phi) is 4.46. The molecule has 25 heavy (non-hydrogen) atoms. The molecule has 0 amide bonds. The minimum atomic E-state index is -0.0404. The maximum Gasteiger partial charge on any atom is 0.191 e. The third-order valence-electron chi connectivity index (χ3n) is 4.21. The number of aromatic hydroxyl groups is 1. The lowest BCUT2D eigenvalue weighted by molar-refractivity contribution is -0.0298. The normalized spacial score (nSPS) is 17.7. The topological polar surface area (TPSA) is 85.1 Å². The van der Waals surface area contributed by atoms with Crippen molar-refractivity contribution >= 4 is 34.4 Å². The highest BCUT2D eigenvalue weighted by atomic mass is 32.2. The molecule has 1 unspecified atom stereocenters. The van der Waals surface area contributed by atoms with E-state index in [0.717, 1.165) is 31.5 Å². The number of phenolic OH excluding ortho intramolecular Hbond substituents is 1. The standard InChI is InChI=1S/C17H19N5O2S/c1-25-17-20-15(19-11-6-2-3-7-12(11)23)14-16(21-17)22(10-18-14)13-8-4-5-9-24-13/h2-3,6-7,10,13,23H,4-5,8-9H2,1H3,(H,19,20,21). The highest BCUT2D eigenvalue weighted by Crippen LogP contribution is 2.32. The molecule has 0 spiro atoms. The molecule has 1 saturated heterocycles. The van der Waals surface area contributed by atoms with E-state index in [1.54, 1.807) is 24.5 Å². The fourth-order valence-corrected chi connectivity index (χ4v) is 3.30. The van der Waals surface area contributed by atoms with Gasteiger partial charge in [0.1, 0.15) is 12.0 Å². The number of nitrogens with one attached hydrogen (secondary N) is 1. The molecule has 2 N–H and O–H groups in total. The average Bonchev–Trinajstić information content (AvgIpc) is 3.08. The minimum Gasteiger partial charge on any atom is -0.506 e. The lowest BCUT2D eigenvalue weighted by Gasteiger charge is -2.23. The predicted molar refractivity (Wildman–Crippen MR) is 97.3 cm³/mol. The molecule has 1 aliphatic rings. The van der Waals surface area contributed by atoms with Crippen LogP contribution in [0.5, 0.6) is 5.75 Å². The number of nitrogens with zero attached hydrogens (tertiary/aromatic N) is 4. The second-order valence-corrected chi connectivity index (χ2v) is 6.62. The quantitative estimate of drug-likeness (QED) is 0.418. The number of imidazole rings is 1. The summed E-state index contributed by atoms with van der Waals surface area (Å²) in [5, 5.41) is 13.8. The fourth-order valence-electron chi connectivity index (χ4n) is 2.94. The number of benzene rings is 1. The Labute approximate surface area is 149 Å². The van der Waals surface area contributed by atoms with Crippen LogP contribution in [0, 0.1) is 0 Å². The zero-order chi connectivity index (χ0) is 17.2. The van der Waals surface area contributed by atoms with Gasteiger partial charge in [-0.2, -0.15) is 0 Å². The molecule has 0 aliphatic carbocycles. The van der Waals surface area contributed by atoms with Gasteiger partial charge < -0.3 is 15.2 Å². The van der Waals surface area contributed by atoms with Gasteiger partial charge in [-0.3, -0.25) is 4.57 Å². The van der Waals surface area contributed by atoms with Gasteiger partial charge in [0.2, 0.25) is 0 Å². The molecule has 0 radical (unpaired) electrons. The number of ether oxygens (including phenoxy) is 1. The molecule has 7 nitrogen and oxygen atoms in total. The van der Waals surface area contributed by atoms with E-state index in [0.29, 0.717) is 22.2 Å². The van der Waals surface area contributed by atoms with Crippen molar-refractivity contribution in [3.05, 3.63) is 30.6 Å².